The molecule has 0 aliphatic heterocycles. The third kappa shape index (κ3) is 2.22. The van der Waals surface area contributed by atoms with Crippen LogP contribution in [0.25, 0.3) is 10.9 Å². The molecule has 1 aromatic carbocycles. The Morgan fingerprint density at radius 3 is 2.76 bits per heavy atom. The fraction of sp³-hybridized carbons (Fsp3) is 0.308. The Kier molecular flexibility index (Phi) is 3.24. The van der Waals surface area contributed by atoms with E-state index in [0.717, 1.165) is 15.7 Å². The fourth-order valence-corrected chi connectivity index (χ4v) is 2.48. The zero-order chi connectivity index (χ0) is 12.6. The highest BCUT2D eigenvalue weighted by atomic mass is 79.9. The molecule has 0 aliphatic rings. The Labute approximate surface area is 108 Å². The highest BCUT2D eigenvalue weighted by Gasteiger charge is 2.11. The number of fused-ring (bicyclic) bond motifs is 1. The molecular weight excluding hydrogens is 282 g/mol. The van der Waals surface area contributed by atoms with E-state index in [1.54, 1.807) is 0 Å². The van der Waals surface area contributed by atoms with E-state index in [0.29, 0.717) is 6.54 Å². The molecule has 2 rings (SSSR count). The zero-order valence-electron chi connectivity index (χ0n) is 9.83. The number of aryl methyl sites for hydroxylation is 2. The van der Waals surface area contributed by atoms with E-state index in [-0.39, 0.29) is 6.42 Å². The largest absolute Gasteiger partial charge is 0.481 e. The standard InChI is InChI=1S/C13H14BrNO2/c1-8-9(2)15(6-5-13(16)17)12-4-3-10(14)7-11(8)12/h3-4,7H,5-6H2,1-2H3,(H,16,17). The minimum Gasteiger partial charge on any atom is -0.481 e. The Hall–Kier alpha value is -1.29. The van der Waals surface area contributed by atoms with Gasteiger partial charge in [0.05, 0.1) is 6.42 Å². The van der Waals surface area contributed by atoms with Crippen molar-refractivity contribution in [1.82, 2.24) is 4.57 Å². The van der Waals surface area contributed by atoms with Crippen LogP contribution >= 0.6 is 15.9 Å². The average Bonchev–Trinajstić information content (AvgIpc) is 2.50. The SMILES string of the molecule is Cc1c(C)n(CCC(=O)O)c2ccc(Br)cc12. The van der Waals surface area contributed by atoms with Crippen LogP contribution in [0.3, 0.4) is 0 Å². The predicted molar refractivity (Wildman–Crippen MR) is 71.4 cm³/mol. The van der Waals surface area contributed by atoms with Crippen LogP contribution in [0.15, 0.2) is 22.7 Å². The minimum atomic E-state index is -0.763. The number of nitrogens with zero attached hydrogens (tertiary/aromatic N) is 1. The molecule has 4 heteroatoms. The summed E-state index contributed by atoms with van der Waals surface area (Å²) in [5.41, 5.74) is 3.45. The van der Waals surface area contributed by atoms with Crippen molar-refractivity contribution in [2.45, 2.75) is 26.8 Å². The smallest absolute Gasteiger partial charge is 0.305 e. The molecule has 0 fully saturated rings. The summed E-state index contributed by atoms with van der Waals surface area (Å²) in [6.07, 6.45) is 0.153. The van der Waals surface area contributed by atoms with Gasteiger partial charge in [0.2, 0.25) is 0 Å². The van der Waals surface area contributed by atoms with Crippen molar-refractivity contribution in [2.24, 2.45) is 0 Å². The van der Waals surface area contributed by atoms with Gasteiger partial charge in [-0.25, -0.2) is 0 Å². The Morgan fingerprint density at radius 2 is 2.12 bits per heavy atom. The summed E-state index contributed by atoms with van der Waals surface area (Å²) in [6, 6.07) is 6.09. The molecule has 1 aromatic heterocycles. The Bertz CT molecular complexity index is 587. The molecule has 0 saturated carbocycles. The topological polar surface area (TPSA) is 42.2 Å². The summed E-state index contributed by atoms with van der Waals surface area (Å²) < 4.78 is 3.12. The van der Waals surface area contributed by atoms with Gasteiger partial charge in [-0.1, -0.05) is 15.9 Å². The van der Waals surface area contributed by atoms with Gasteiger partial charge in [-0.15, -0.1) is 0 Å². The van der Waals surface area contributed by atoms with Gasteiger partial charge in [0.15, 0.2) is 0 Å². The van der Waals surface area contributed by atoms with Crippen molar-refractivity contribution >= 4 is 32.8 Å². The van der Waals surface area contributed by atoms with Crippen LogP contribution in [0, 0.1) is 13.8 Å². The number of carboxylic acid groups (broad SMARTS) is 1. The highest BCUT2D eigenvalue weighted by molar-refractivity contribution is 9.10. The van der Waals surface area contributed by atoms with Crippen molar-refractivity contribution in [3.63, 3.8) is 0 Å². The summed E-state index contributed by atoms with van der Waals surface area (Å²) in [5.74, 6) is -0.763. The van der Waals surface area contributed by atoms with Gasteiger partial charge in [-0.2, -0.15) is 0 Å². The third-order valence-corrected chi connectivity index (χ3v) is 3.64. The lowest BCUT2D eigenvalue weighted by Crippen LogP contribution is -2.05. The molecule has 0 atom stereocenters. The molecular formula is C13H14BrNO2. The maximum atomic E-state index is 10.7. The van der Waals surface area contributed by atoms with E-state index in [2.05, 4.69) is 33.5 Å². The van der Waals surface area contributed by atoms with Crippen molar-refractivity contribution in [3.8, 4) is 0 Å². The second kappa shape index (κ2) is 4.53. The molecule has 2 aromatic rings. The van der Waals surface area contributed by atoms with Crippen molar-refractivity contribution < 1.29 is 9.90 Å². The van der Waals surface area contributed by atoms with Gasteiger partial charge in [-0.3, -0.25) is 4.79 Å². The van der Waals surface area contributed by atoms with Gasteiger partial charge in [-0.05, 0) is 37.6 Å². The monoisotopic (exact) mass is 295 g/mol. The zero-order valence-corrected chi connectivity index (χ0v) is 11.4. The molecule has 0 aliphatic carbocycles. The normalized spacial score (nSPS) is 11.0. The second-order valence-electron chi connectivity index (χ2n) is 4.17. The van der Waals surface area contributed by atoms with Gasteiger partial charge < -0.3 is 9.67 Å². The summed E-state index contributed by atoms with van der Waals surface area (Å²) in [7, 11) is 0. The van der Waals surface area contributed by atoms with E-state index in [9.17, 15) is 4.79 Å². The first-order chi connectivity index (χ1) is 8.00. The molecule has 0 unspecified atom stereocenters. The summed E-state index contributed by atoms with van der Waals surface area (Å²) in [4.78, 5) is 10.7. The highest BCUT2D eigenvalue weighted by Crippen LogP contribution is 2.28. The number of carboxylic acids is 1. The lowest BCUT2D eigenvalue weighted by Gasteiger charge is -2.06. The van der Waals surface area contributed by atoms with E-state index in [1.165, 1.54) is 10.9 Å². The molecule has 0 bridgehead atoms. The first-order valence-corrected chi connectivity index (χ1v) is 6.26. The number of carbonyl (C=O) groups is 1. The molecule has 90 valence electrons. The molecule has 3 nitrogen and oxygen atoms in total. The minimum absolute atomic E-state index is 0.153. The number of aliphatic carboxylic acids is 1. The van der Waals surface area contributed by atoms with Gasteiger partial charge in [0.1, 0.15) is 0 Å². The molecule has 0 spiro atoms. The summed E-state index contributed by atoms with van der Waals surface area (Å²) >= 11 is 3.46. The third-order valence-electron chi connectivity index (χ3n) is 3.15. The van der Waals surface area contributed by atoms with Gasteiger partial charge in [0.25, 0.3) is 0 Å². The fourth-order valence-electron chi connectivity index (χ4n) is 2.12. The molecule has 1 N–H and O–H groups in total. The number of aromatic nitrogens is 1. The lowest BCUT2D eigenvalue weighted by molar-refractivity contribution is -0.137. The summed E-state index contributed by atoms with van der Waals surface area (Å²) in [5, 5.41) is 9.95. The van der Waals surface area contributed by atoms with E-state index in [4.69, 9.17) is 5.11 Å². The van der Waals surface area contributed by atoms with Crippen LogP contribution in [0.1, 0.15) is 17.7 Å². The molecule has 17 heavy (non-hydrogen) atoms. The molecule has 0 amide bonds. The van der Waals surface area contributed by atoms with E-state index >= 15 is 0 Å². The van der Waals surface area contributed by atoms with Crippen LogP contribution < -0.4 is 0 Å². The molecule has 1 heterocycles. The Morgan fingerprint density at radius 1 is 1.41 bits per heavy atom. The number of rotatable bonds is 3. The van der Waals surface area contributed by atoms with Crippen LogP contribution in [-0.4, -0.2) is 15.6 Å². The second-order valence-corrected chi connectivity index (χ2v) is 5.08. The van der Waals surface area contributed by atoms with Crippen molar-refractivity contribution in [3.05, 3.63) is 33.9 Å². The number of hydrogen-bond donors (Lipinski definition) is 1. The van der Waals surface area contributed by atoms with Crippen molar-refractivity contribution in [1.29, 1.82) is 0 Å². The maximum absolute atomic E-state index is 10.7. The summed E-state index contributed by atoms with van der Waals surface area (Å²) in [6.45, 7) is 4.62. The van der Waals surface area contributed by atoms with Gasteiger partial charge >= 0.3 is 5.97 Å². The first-order valence-electron chi connectivity index (χ1n) is 5.47. The van der Waals surface area contributed by atoms with Crippen LogP contribution in [0.4, 0.5) is 0 Å². The lowest BCUT2D eigenvalue weighted by atomic mass is 10.2. The number of benzene rings is 1. The average molecular weight is 296 g/mol. The number of hydrogen-bond acceptors (Lipinski definition) is 1. The molecule has 0 radical (unpaired) electrons. The van der Waals surface area contributed by atoms with E-state index in [1.807, 2.05) is 19.1 Å². The van der Waals surface area contributed by atoms with Crippen molar-refractivity contribution in [2.75, 3.05) is 0 Å². The van der Waals surface area contributed by atoms with Gasteiger partial charge in [0, 0.05) is 27.6 Å². The maximum Gasteiger partial charge on any atom is 0.305 e. The number of halogens is 1. The quantitative estimate of drug-likeness (QED) is 0.942. The van der Waals surface area contributed by atoms with Crippen LogP contribution in [0.5, 0.6) is 0 Å². The first kappa shape index (κ1) is 12.2. The molecule has 0 saturated heterocycles. The predicted octanol–water partition coefficient (Wildman–Crippen LogP) is 3.50. The Balaban J connectivity index is 2.54. The van der Waals surface area contributed by atoms with E-state index < -0.39 is 5.97 Å². The van der Waals surface area contributed by atoms with Crippen LogP contribution in [-0.2, 0) is 11.3 Å². The van der Waals surface area contributed by atoms with Crippen LogP contribution in [0.2, 0.25) is 0 Å².